The first-order valence-corrected chi connectivity index (χ1v) is 6.43. The Morgan fingerprint density at radius 1 is 1.38 bits per heavy atom. The van der Waals surface area contributed by atoms with E-state index in [1.54, 1.807) is 24.3 Å². The number of aliphatic carboxylic acids is 1. The molecule has 0 unspecified atom stereocenters. The lowest BCUT2D eigenvalue weighted by Gasteiger charge is -2.14. The van der Waals surface area contributed by atoms with E-state index in [9.17, 15) is 19.5 Å². The number of hydrogen-bond acceptors (Lipinski definition) is 5. The van der Waals surface area contributed by atoms with Crippen molar-refractivity contribution in [1.29, 1.82) is 0 Å². The van der Waals surface area contributed by atoms with Crippen molar-refractivity contribution in [2.75, 3.05) is 0 Å². The number of amides is 1. The molecular weight excluding hydrogens is 274 g/mol. The Labute approximate surface area is 120 Å². The van der Waals surface area contributed by atoms with E-state index < -0.39 is 17.9 Å². The van der Waals surface area contributed by atoms with E-state index >= 15 is 0 Å². The number of nitrogens with one attached hydrogen (secondary N) is 1. The Kier molecular flexibility index (Phi) is 4.32. The number of rotatable bonds is 5. The van der Waals surface area contributed by atoms with Gasteiger partial charge in [-0.2, -0.15) is 0 Å². The molecule has 0 fully saturated rings. The minimum absolute atomic E-state index is 0.0163. The molecule has 1 amide bonds. The monoisotopic (exact) mass is 288 g/mol. The van der Waals surface area contributed by atoms with Crippen molar-refractivity contribution in [2.24, 2.45) is 0 Å². The zero-order valence-corrected chi connectivity index (χ0v) is 11.4. The van der Waals surface area contributed by atoms with Gasteiger partial charge in [0.15, 0.2) is 0 Å². The van der Waals surface area contributed by atoms with Crippen LogP contribution in [0.3, 0.4) is 0 Å². The molecule has 0 saturated carbocycles. The molecule has 1 aromatic heterocycles. The van der Waals surface area contributed by atoms with Gasteiger partial charge in [-0.1, -0.05) is 12.1 Å². The average molecular weight is 288 g/mol. The summed E-state index contributed by atoms with van der Waals surface area (Å²) in [6.45, 7) is 1.44. The largest absolute Gasteiger partial charge is 0.548 e. The van der Waals surface area contributed by atoms with Gasteiger partial charge in [0.05, 0.1) is 29.2 Å². The standard InChI is InChI=1S/C14H15N3O4/c1-9(14(20)21)16-12(18)6-7-17-8-15-11-5-3-2-4-10(11)13(17)19/h2-5,8-9H,6-7H2,1H3,(H,16,18)(H,20,21)/p-1/t9-/m0/s1. The SMILES string of the molecule is C[C@H](NC(=O)CCn1cnc2ccccc2c1=O)C(=O)[O-]. The second-order valence-electron chi connectivity index (χ2n) is 4.62. The van der Waals surface area contributed by atoms with Crippen LogP contribution < -0.4 is 16.0 Å². The molecule has 1 aromatic carbocycles. The topological polar surface area (TPSA) is 104 Å². The molecule has 0 radical (unpaired) electrons. The maximum Gasteiger partial charge on any atom is 0.261 e. The number of carboxylic acids is 1. The Hall–Kier alpha value is -2.70. The fourth-order valence-electron chi connectivity index (χ4n) is 1.86. The number of carbonyl (C=O) groups is 2. The van der Waals surface area contributed by atoms with Crippen LogP contribution in [-0.2, 0) is 16.1 Å². The summed E-state index contributed by atoms with van der Waals surface area (Å²) in [6.07, 6.45) is 1.36. The van der Waals surface area contributed by atoms with Crippen LogP contribution in [0.1, 0.15) is 13.3 Å². The lowest BCUT2D eigenvalue weighted by Crippen LogP contribution is -2.46. The minimum atomic E-state index is -1.35. The molecule has 1 atom stereocenters. The smallest absolute Gasteiger partial charge is 0.261 e. The molecule has 0 aliphatic carbocycles. The number of carboxylic acid groups (broad SMARTS) is 1. The highest BCUT2D eigenvalue weighted by molar-refractivity contribution is 5.82. The Bertz CT molecular complexity index is 738. The lowest BCUT2D eigenvalue weighted by atomic mass is 10.2. The molecule has 2 aromatic rings. The molecule has 0 saturated heterocycles. The predicted molar refractivity (Wildman–Crippen MR) is 73.2 cm³/mol. The molecule has 1 N–H and O–H groups in total. The fourth-order valence-corrected chi connectivity index (χ4v) is 1.86. The van der Waals surface area contributed by atoms with Crippen LogP contribution in [0.25, 0.3) is 10.9 Å². The van der Waals surface area contributed by atoms with Crippen molar-refractivity contribution in [3.63, 3.8) is 0 Å². The molecular formula is C14H14N3O4-. The third-order valence-electron chi connectivity index (χ3n) is 3.04. The second kappa shape index (κ2) is 6.17. The highest BCUT2D eigenvalue weighted by Gasteiger charge is 2.09. The summed E-state index contributed by atoms with van der Waals surface area (Å²) in [6, 6.07) is 5.86. The molecule has 0 spiro atoms. The van der Waals surface area contributed by atoms with Crippen LogP contribution in [0.5, 0.6) is 0 Å². The van der Waals surface area contributed by atoms with Gasteiger partial charge in [0, 0.05) is 13.0 Å². The summed E-state index contributed by atoms with van der Waals surface area (Å²) in [5.41, 5.74) is 0.357. The Morgan fingerprint density at radius 3 is 2.81 bits per heavy atom. The van der Waals surface area contributed by atoms with E-state index in [1.165, 1.54) is 17.8 Å². The van der Waals surface area contributed by atoms with Gasteiger partial charge in [-0.25, -0.2) is 4.98 Å². The normalized spacial score (nSPS) is 12.0. The molecule has 21 heavy (non-hydrogen) atoms. The molecule has 0 aliphatic heterocycles. The number of para-hydroxylation sites is 1. The summed E-state index contributed by atoms with van der Waals surface area (Å²) in [4.78, 5) is 38.4. The number of benzene rings is 1. The van der Waals surface area contributed by atoms with Crippen molar-refractivity contribution in [3.05, 3.63) is 40.9 Å². The maximum atomic E-state index is 12.2. The number of carbonyl (C=O) groups excluding carboxylic acids is 2. The summed E-state index contributed by atoms with van der Waals surface area (Å²) >= 11 is 0. The number of aryl methyl sites for hydroxylation is 1. The van der Waals surface area contributed by atoms with Gasteiger partial charge in [-0.05, 0) is 19.1 Å². The minimum Gasteiger partial charge on any atom is -0.548 e. The van der Waals surface area contributed by atoms with Crippen molar-refractivity contribution >= 4 is 22.8 Å². The molecule has 7 nitrogen and oxygen atoms in total. The van der Waals surface area contributed by atoms with Crippen LogP contribution in [0.15, 0.2) is 35.4 Å². The lowest BCUT2D eigenvalue weighted by molar-refractivity contribution is -0.307. The van der Waals surface area contributed by atoms with E-state index in [0.29, 0.717) is 10.9 Å². The van der Waals surface area contributed by atoms with Gasteiger partial charge >= 0.3 is 0 Å². The van der Waals surface area contributed by atoms with E-state index in [2.05, 4.69) is 10.3 Å². The quantitative estimate of drug-likeness (QED) is 0.763. The second-order valence-corrected chi connectivity index (χ2v) is 4.62. The van der Waals surface area contributed by atoms with Gasteiger partial charge in [-0.15, -0.1) is 0 Å². The van der Waals surface area contributed by atoms with Crippen LogP contribution in [0, 0.1) is 0 Å². The highest BCUT2D eigenvalue weighted by atomic mass is 16.4. The van der Waals surface area contributed by atoms with Crippen molar-refractivity contribution in [2.45, 2.75) is 25.9 Å². The zero-order valence-electron chi connectivity index (χ0n) is 11.4. The van der Waals surface area contributed by atoms with E-state index in [1.807, 2.05) is 0 Å². The van der Waals surface area contributed by atoms with Crippen LogP contribution in [0.2, 0.25) is 0 Å². The Morgan fingerprint density at radius 2 is 2.10 bits per heavy atom. The van der Waals surface area contributed by atoms with Gasteiger partial charge in [0.25, 0.3) is 5.56 Å². The van der Waals surface area contributed by atoms with E-state index in [-0.39, 0.29) is 18.5 Å². The summed E-state index contributed by atoms with van der Waals surface area (Å²) in [7, 11) is 0. The first-order valence-electron chi connectivity index (χ1n) is 6.43. The Balaban J connectivity index is 2.07. The van der Waals surface area contributed by atoms with Crippen molar-refractivity contribution in [3.8, 4) is 0 Å². The van der Waals surface area contributed by atoms with E-state index in [4.69, 9.17) is 0 Å². The van der Waals surface area contributed by atoms with Gasteiger partial charge < -0.3 is 15.2 Å². The van der Waals surface area contributed by atoms with Crippen molar-refractivity contribution < 1.29 is 14.7 Å². The maximum absolute atomic E-state index is 12.2. The number of nitrogens with zero attached hydrogens (tertiary/aromatic N) is 2. The average Bonchev–Trinajstić information content (AvgIpc) is 2.46. The zero-order chi connectivity index (χ0) is 15.4. The van der Waals surface area contributed by atoms with E-state index in [0.717, 1.165) is 0 Å². The first kappa shape index (κ1) is 14.7. The molecule has 1 heterocycles. The van der Waals surface area contributed by atoms with Crippen LogP contribution in [-0.4, -0.2) is 27.5 Å². The summed E-state index contributed by atoms with van der Waals surface area (Å²) in [5.74, 6) is -1.82. The van der Waals surface area contributed by atoms with Crippen molar-refractivity contribution in [1.82, 2.24) is 14.9 Å². The van der Waals surface area contributed by atoms with Gasteiger partial charge in [-0.3, -0.25) is 14.2 Å². The fraction of sp³-hybridized carbons (Fsp3) is 0.286. The summed E-state index contributed by atoms with van der Waals surface area (Å²) in [5, 5.41) is 13.3. The molecule has 2 rings (SSSR count). The van der Waals surface area contributed by atoms with Gasteiger partial charge in [0.2, 0.25) is 5.91 Å². The molecule has 7 heteroatoms. The van der Waals surface area contributed by atoms with Crippen LogP contribution in [0.4, 0.5) is 0 Å². The molecule has 0 bridgehead atoms. The molecule has 0 aliphatic rings. The number of fused-ring (bicyclic) bond motifs is 1. The third-order valence-corrected chi connectivity index (χ3v) is 3.04. The van der Waals surface area contributed by atoms with Gasteiger partial charge in [0.1, 0.15) is 0 Å². The molecule has 110 valence electrons. The van der Waals surface area contributed by atoms with Crippen LogP contribution >= 0.6 is 0 Å². The number of aromatic nitrogens is 2. The predicted octanol–water partition coefficient (Wildman–Crippen LogP) is -0.959. The summed E-state index contributed by atoms with van der Waals surface area (Å²) < 4.78 is 1.32. The number of hydrogen-bond donors (Lipinski definition) is 1. The first-order chi connectivity index (χ1) is 9.99. The highest BCUT2D eigenvalue weighted by Crippen LogP contribution is 2.04. The third kappa shape index (κ3) is 3.44.